The Kier molecular flexibility index (Phi) is 9.95. The first-order chi connectivity index (χ1) is 12.0. The van der Waals surface area contributed by atoms with Crippen LogP contribution in [-0.2, 0) is 30.2 Å². The smallest absolute Gasteiger partial charge is 0.394 e. The molecule has 1 heterocycles. The van der Waals surface area contributed by atoms with E-state index >= 15 is 0 Å². The molecule has 1 rings (SSSR count). The maximum Gasteiger partial charge on any atom is 0.418 e. The minimum atomic E-state index is -4.80. The van der Waals surface area contributed by atoms with Crippen LogP contribution in [0.15, 0.2) is 11.1 Å². The number of rotatable bonds is 10. The zero-order valence-electron chi connectivity index (χ0n) is 13.8. The first-order valence-corrected chi connectivity index (χ1v) is 11.4. The fraction of sp³-hybridized carbons (Fsp3) is 0.833. The van der Waals surface area contributed by atoms with E-state index in [4.69, 9.17) is 14.4 Å². The molecule has 0 bridgehead atoms. The van der Waals surface area contributed by atoms with Gasteiger partial charge in [0.2, 0.25) is 0 Å². The summed E-state index contributed by atoms with van der Waals surface area (Å²) in [5.74, 6) is 0.410. The topological polar surface area (TPSA) is 183 Å². The molecule has 0 aromatic heterocycles. The number of hydrogen-bond acceptors (Lipinski definition) is 11. The van der Waals surface area contributed by atoms with Crippen molar-refractivity contribution < 1.29 is 46.6 Å². The zero-order valence-corrected chi connectivity index (χ0v) is 16.2. The van der Waals surface area contributed by atoms with Crippen molar-refractivity contribution in [1.29, 1.82) is 0 Å². The maximum atomic E-state index is 11.0. The minimum Gasteiger partial charge on any atom is -0.394 e. The molecule has 1 aliphatic rings. The van der Waals surface area contributed by atoms with Crippen LogP contribution in [-0.4, -0.2) is 86.1 Å². The van der Waals surface area contributed by atoms with Crippen LogP contribution < -0.4 is 5.48 Å². The summed E-state index contributed by atoms with van der Waals surface area (Å²) < 4.78 is 50.5. The summed E-state index contributed by atoms with van der Waals surface area (Å²) in [4.78, 5) is 0. The highest BCUT2D eigenvalue weighted by Crippen LogP contribution is 2.32. The summed E-state index contributed by atoms with van der Waals surface area (Å²) in [6, 6.07) is 0. The molecule has 154 valence electrons. The molecule has 0 aromatic rings. The second-order valence-corrected chi connectivity index (χ2v) is 9.13. The normalized spacial score (nSPS) is 31.6. The fourth-order valence-corrected chi connectivity index (χ4v) is 3.89. The van der Waals surface area contributed by atoms with Gasteiger partial charge in [-0.2, -0.15) is 8.42 Å². The van der Waals surface area contributed by atoms with Gasteiger partial charge in [-0.15, -0.1) is 4.28 Å². The number of ether oxygens (including phenoxy) is 1. The van der Waals surface area contributed by atoms with E-state index in [-0.39, 0.29) is 5.03 Å². The monoisotopic (exact) mass is 437 g/mol. The Hall–Kier alpha value is -0.290. The van der Waals surface area contributed by atoms with Crippen molar-refractivity contribution in [3.05, 3.63) is 11.1 Å². The van der Waals surface area contributed by atoms with Gasteiger partial charge in [0.15, 0.2) is 0 Å². The third-order valence-electron chi connectivity index (χ3n) is 3.30. The molecule has 14 heteroatoms. The van der Waals surface area contributed by atoms with E-state index in [9.17, 15) is 27.9 Å². The summed E-state index contributed by atoms with van der Waals surface area (Å²) in [6.07, 6.45) is -1.92. The van der Waals surface area contributed by atoms with Crippen LogP contribution in [0.5, 0.6) is 0 Å². The third kappa shape index (κ3) is 8.16. The summed E-state index contributed by atoms with van der Waals surface area (Å²) in [7, 11) is -5.80. The van der Waals surface area contributed by atoms with Crippen molar-refractivity contribution in [2.45, 2.75) is 42.7 Å². The summed E-state index contributed by atoms with van der Waals surface area (Å²) in [5.41, 5.74) is 0.815. The van der Waals surface area contributed by atoms with Crippen molar-refractivity contribution >= 4 is 33.0 Å². The molecule has 6 unspecified atom stereocenters. The molecule has 0 radical (unpaired) electrons. The fourth-order valence-electron chi connectivity index (χ4n) is 2.02. The Labute approximate surface area is 157 Å². The van der Waals surface area contributed by atoms with Crippen molar-refractivity contribution in [2.75, 3.05) is 18.6 Å². The molecule has 0 spiro atoms. The highest BCUT2D eigenvalue weighted by molar-refractivity contribution is 8.03. The van der Waals surface area contributed by atoms with Gasteiger partial charge in [0, 0.05) is 22.8 Å². The number of nitrogens with one attached hydrogen (secondary N) is 1. The van der Waals surface area contributed by atoms with Gasteiger partial charge >= 0.3 is 10.4 Å². The van der Waals surface area contributed by atoms with Crippen LogP contribution in [0.1, 0.15) is 12.8 Å². The number of hydrogen-bond donors (Lipinski definition) is 6. The van der Waals surface area contributed by atoms with Crippen LogP contribution >= 0.6 is 11.8 Å². The van der Waals surface area contributed by atoms with E-state index in [0.717, 1.165) is 11.8 Å². The Bertz CT molecular complexity index is 596. The van der Waals surface area contributed by atoms with Crippen LogP contribution in [0.3, 0.4) is 0 Å². The SMILES string of the molecule is CS(=O)CCC/C=C(\NOS(=O)(=O)O)SC1OC(CO)C(O)C(O)C1O. The highest BCUT2D eigenvalue weighted by Gasteiger charge is 2.44. The third-order valence-corrected chi connectivity index (χ3v) is 5.59. The van der Waals surface area contributed by atoms with Gasteiger partial charge in [0.1, 0.15) is 29.9 Å². The summed E-state index contributed by atoms with van der Waals surface area (Å²) >= 11 is 0.717. The summed E-state index contributed by atoms with van der Waals surface area (Å²) in [6.45, 7) is -0.613. The van der Waals surface area contributed by atoms with Crippen LogP contribution in [0.25, 0.3) is 0 Å². The molecule has 1 saturated heterocycles. The molecular weight excluding hydrogens is 414 g/mol. The molecule has 0 saturated carbocycles. The number of hydroxylamine groups is 1. The Morgan fingerprint density at radius 1 is 1.31 bits per heavy atom. The molecule has 0 amide bonds. The highest BCUT2D eigenvalue weighted by atomic mass is 32.3. The number of allylic oxidation sites excluding steroid dienone is 1. The molecule has 0 aliphatic carbocycles. The number of aliphatic hydroxyl groups is 4. The van der Waals surface area contributed by atoms with E-state index in [2.05, 4.69) is 4.28 Å². The van der Waals surface area contributed by atoms with E-state index in [0.29, 0.717) is 18.6 Å². The van der Waals surface area contributed by atoms with Gasteiger partial charge in [-0.25, -0.2) is 5.48 Å². The quantitative estimate of drug-likeness (QED) is 0.124. The van der Waals surface area contributed by atoms with Gasteiger partial charge in [-0.1, -0.05) is 17.8 Å². The first-order valence-electron chi connectivity index (χ1n) is 7.44. The number of thioether (sulfide) groups is 1. The standard InChI is InChI=1S/C12H23NO10S3/c1-25(18)5-3-2-4-8(13-23-26(19,20)21)24-12-11(17)10(16)9(15)7(6-14)22-12/h4,7,9-17H,2-3,5-6H2,1H3,(H,19,20,21)/b8-4+. The lowest BCUT2D eigenvalue weighted by atomic mass is 10.0. The summed E-state index contributed by atoms with van der Waals surface area (Å²) in [5, 5.41) is 38.7. The van der Waals surface area contributed by atoms with Gasteiger partial charge < -0.3 is 25.2 Å². The van der Waals surface area contributed by atoms with E-state index in [1.54, 1.807) is 0 Å². The van der Waals surface area contributed by atoms with Gasteiger partial charge in [-0.05, 0) is 12.8 Å². The van der Waals surface area contributed by atoms with Crippen LogP contribution in [0, 0.1) is 0 Å². The van der Waals surface area contributed by atoms with Crippen molar-refractivity contribution in [1.82, 2.24) is 5.48 Å². The molecular formula is C12H23NO10S3. The van der Waals surface area contributed by atoms with E-state index in [1.807, 2.05) is 5.48 Å². The molecule has 1 fully saturated rings. The predicted octanol–water partition coefficient (Wildman–Crippen LogP) is -2.16. The Morgan fingerprint density at radius 3 is 2.50 bits per heavy atom. The molecule has 6 N–H and O–H groups in total. The average Bonchev–Trinajstić information content (AvgIpc) is 2.55. The largest absolute Gasteiger partial charge is 0.418 e. The van der Waals surface area contributed by atoms with Gasteiger partial charge in [0.05, 0.1) is 11.6 Å². The number of aliphatic hydroxyl groups excluding tert-OH is 4. The van der Waals surface area contributed by atoms with E-state index < -0.39 is 57.7 Å². The van der Waals surface area contributed by atoms with Crippen LogP contribution in [0.4, 0.5) is 0 Å². The Morgan fingerprint density at radius 2 is 1.96 bits per heavy atom. The lowest BCUT2D eigenvalue weighted by molar-refractivity contribution is -0.205. The van der Waals surface area contributed by atoms with Crippen molar-refractivity contribution in [3.63, 3.8) is 0 Å². The lowest BCUT2D eigenvalue weighted by Gasteiger charge is -2.39. The minimum absolute atomic E-state index is 0.0221. The molecule has 11 nitrogen and oxygen atoms in total. The zero-order chi connectivity index (χ0) is 19.9. The second kappa shape index (κ2) is 10.9. The molecule has 26 heavy (non-hydrogen) atoms. The van der Waals surface area contributed by atoms with E-state index in [1.165, 1.54) is 12.3 Å². The first kappa shape index (κ1) is 23.7. The molecule has 1 aliphatic heterocycles. The van der Waals surface area contributed by atoms with Crippen LogP contribution in [0.2, 0.25) is 0 Å². The average molecular weight is 438 g/mol. The molecule has 6 atom stereocenters. The Balaban J connectivity index is 2.81. The second-order valence-electron chi connectivity index (χ2n) is 5.42. The molecule has 0 aromatic carbocycles. The number of unbranched alkanes of at least 4 members (excludes halogenated alkanes) is 1. The van der Waals surface area contributed by atoms with Crippen molar-refractivity contribution in [3.8, 4) is 0 Å². The predicted molar refractivity (Wildman–Crippen MR) is 93.4 cm³/mol. The maximum absolute atomic E-state index is 11.0. The van der Waals surface area contributed by atoms with Gasteiger partial charge in [-0.3, -0.25) is 8.76 Å². The lowest BCUT2D eigenvalue weighted by Crippen LogP contribution is -2.57. The van der Waals surface area contributed by atoms with Gasteiger partial charge in [0.25, 0.3) is 0 Å². The van der Waals surface area contributed by atoms with Crippen molar-refractivity contribution in [2.24, 2.45) is 0 Å².